The lowest BCUT2D eigenvalue weighted by Gasteiger charge is -2.19. The fourth-order valence-corrected chi connectivity index (χ4v) is 2.42. The van der Waals surface area contributed by atoms with Gasteiger partial charge in [-0.05, 0) is 53.3 Å². The van der Waals surface area contributed by atoms with Gasteiger partial charge in [-0.15, -0.1) is 0 Å². The maximum absolute atomic E-state index is 5.86. The average molecular weight is 257 g/mol. The van der Waals surface area contributed by atoms with E-state index in [0.717, 1.165) is 18.7 Å². The second-order valence-corrected chi connectivity index (χ2v) is 5.49. The van der Waals surface area contributed by atoms with Crippen LogP contribution in [0.2, 0.25) is 0 Å². The van der Waals surface area contributed by atoms with E-state index >= 15 is 0 Å². The summed E-state index contributed by atoms with van der Waals surface area (Å²) in [5.74, 6) is 2.08. The molecule has 2 rings (SSSR count). The first-order valence-electron chi connectivity index (χ1n) is 6.90. The van der Waals surface area contributed by atoms with Gasteiger partial charge in [-0.25, -0.2) is 0 Å². The first-order valence-corrected chi connectivity index (χ1v) is 6.90. The van der Waals surface area contributed by atoms with Crippen molar-refractivity contribution in [3.8, 4) is 5.75 Å². The van der Waals surface area contributed by atoms with Crippen molar-refractivity contribution in [2.75, 3.05) is 13.7 Å². The van der Waals surface area contributed by atoms with Crippen molar-refractivity contribution < 1.29 is 4.74 Å². The normalized spacial score (nSPS) is 12.9. The fraction of sp³-hybridized carbons (Fsp3) is 0.412. The summed E-state index contributed by atoms with van der Waals surface area (Å²) in [5.41, 5.74) is 7.22. The summed E-state index contributed by atoms with van der Waals surface area (Å²) in [7, 11) is 1.70. The van der Waals surface area contributed by atoms with Crippen LogP contribution < -0.4 is 10.5 Å². The number of hydrogen-bond donors (Lipinski definition) is 1. The summed E-state index contributed by atoms with van der Waals surface area (Å²) >= 11 is 0. The van der Waals surface area contributed by atoms with E-state index in [1.807, 2.05) is 6.07 Å². The molecule has 0 amide bonds. The Morgan fingerprint density at radius 2 is 1.74 bits per heavy atom. The second kappa shape index (κ2) is 6.07. The molecule has 0 aliphatic rings. The van der Waals surface area contributed by atoms with E-state index in [9.17, 15) is 0 Å². The summed E-state index contributed by atoms with van der Waals surface area (Å²) in [6, 6.07) is 12.8. The molecule has 0 saturated carbocycles. The molecule has 0 bridgehead atoms. The minimum Gasteiger partial charge on any atom is -0.497 e. The molecule has 19 heavy (non-hydrogen) atoms. The van der Waals surface area contributed by atoms with Gasteiger partial charge in [0.25, 0.3) is 0 Å². The molecule has 0 aromatic heterocycles. The third kappa shape index (κ3) is 3.27. The van der Waals surface area contributed by atoms with Crippen molar-refractivity contribution in [2.45, 2.75) is 20.3 Å². The number of ether oxygens (including phenoxy) is 1. The van der Waals surface area contributed by atoms with Crippen molar-refractivity contribution in [3.05, 3.63) is 42.0 Å². The molecule has 102 valence electrons. The van der Waals surface area contributed by atoms with Crippen LogP contribution >= 0.6 is 0 Å². The molecule has 0 fully saturated rings. The van der Waals surface area contributed by atoms with Crippen molar-refractivity contribution >= 4 is 10.8 Å². The Balaban J connectivity index is 2.26. The second-order valence-electron chi connectivity index (χ2n) is 5.49. The van der Waals surface area contributed by atoms with Crippen molar-refractivity contribution in [3.63, 3.8) is 0 Å². The van der Waals surface area contributed by atoms with E-state index in [0.29, 0.717) is 11.8 Å². The quantitative estimate of drug-likeness (QED) is 0.888. The van der Waals surface area contributed by atoms with Crippen molar-refractivity contribution in [1.82, 2.24) is 0 Å². The van der Waals surface area contributed by atoms with Crippen molar-refractivity contribution in [1.29, 1.82) is 0 Å². The van der Waals surface area contributed by atoms with Gasteiger partial charge < -0.3 is 10.5 Å². The first kappa shape index (κ1) is 13.9. The zero-order chi connectivity index (χ0) is 13.8. The molecule has 0 spiro atoms. The van der Waals surface area contributed by atoms with E-state index in [1.54, 1.807) is 7.11 Å². The minimum absolute atomic E-state index is 0.552. The number of nitrogens with two attached hydrogens (primary N) is 1. The Morgan fingerprint density at radius 1 is 1.05 bits per heavy atom. The van der Waals surface area contributed by atoms with Crippen LogP contribution in [0.5, 0.6) is 5.75 Å². The molecule has 0 heterocycles. The molecule has 2 aromatic rings. The van der Waals surface area contributed by atoms with Gasteiger partial charge in [0.2, 0.25) is 0 Å². The minimum atomic E-state index is 0.552. The third-order valence-corrected chi connectivity index (χ3v) is 3.86. The summed E-state index contributed by atoms with van der Waals surface area (Å²) < 4.78 is 5.25. The highest BCUT2D eigenvalue weighted by atomic mass is 16.5. The molecule has 2 heteroatoms. The summed E-state index contributed by atoms with van der Waals surface area (Å²) in [4.78, 5) is 0. The Hall–Kier alpha value is -1.54. The van der Waals surface area contributed by atoms with Crippen LogP contribution in [0.3, 0.4) is 0 Å². The average Bonchev–Trinajstić information content (AvgIpc) is 2.43. The van der Waals surface area contributed by atoms with Gasteiger partial charge in [0.1, 0.15) is 5.75 Å². The van der Waals surface area contributed by atoms with Gasteiger partial charge in [0, 0.05) is 0 Å². The first-order chi connectivity index (χ1) is 9.13. The van der Waals surface area contributed by atoms with Gasteiger partial charge >= 0.3 is 0 Å². The number of methoxy groups -OCH3 is 1. The summed E-state index contributed by atoms with van der Waals surface area (Å²) in [6.07, 6.45) is 1.05. The van der Waals surface area contributed by atoms with Crippen LogP contribution in [-0.2, 0) is 6.42 Å². The van der Waals surface area contributed by atoms with Crippen LogP contribution in [0.4, 0.5) is 0 Å². The fourth-order valence-electron chi connectivity index (χ4n) is 2.42. The smallest absolute Gasteiger partial charge is 0.119 e. The number of rotatable bonds is 5. The largest absolute Gasteiger partial charge is 0.497 e. The highest BCUT2D eigenvalue weighted by molar-refractivity contribution is 5.84. The molecule has 0 aliphatic carbocycles. The lowest BCUT2D eigenvalue weighted by atomic mass is 9.89. The molecule has 2 nitrogen and oxygen atoms in total. The molecular formula is C17H23NO. The molecule has 1 atom stereocenters. The third-order valence-electron chi connectivity index (χ3n) is 3.86. The molecule has 2 N–H and O–H groups in total. The molecular weight excluding hydrogens is 234 g/mol. The Labute approximate surface area is 115 Å². The van der Waals surface area contributed by atoms with Gasteiger partial charge in [-0.1, -0.05) is 38.1 Å². The number of hydrogen-bond acceptors (Lipinski definition) is 2. The predicted molar refractivity (Wildman–Crippen MR) is 81.6 cm³/mol. The van der Waals surface area contributed by atoms with E-state index in [-0.39, 0.29) is 0 Å². The molecule has 0 radical (unpaired) electrons. The van der Waals surface area contributed by atoms with E-state index < -0.39 is 0 Å². The van der Waals surface area contributed by atoms with Gasteiger partial charge in [0.15, 0.2) is 0 Å². The van der Waals surface area contributed by atoms with Crippen molar-refractivity contribution in [2.24, 2.45) is 17.6 Å². The van der Waals surface area contributed by atoms with E-state index in [1.165, 1.54) is 16.3 Å². The van der Waals surface area contributed by atoms with E-state index in [4.69, 9.17) is 10.5 Å². The van der Waals surface area contributed by atoms with Crippen LogP contribution in [-0.4, -0.2) is 13.7 Å². The highest BCUT2D eigenvalue weighted by Crippen LogP contribution is 2.24. The van der Waals surface area contributed by atoms with Crippen LogP contribution in [0, 0.1) is 11.8 Å². The van der Waals surface area contributed by atoms with Crippen LogP contribution in [0.1, 0.15) is 19.4 Å². The molecule has 0 saturated heterocycles. The maximum atomic E-state index is 5.86. The topological polar surface area (TPSA) is 35.2 Å². The Kier molecular flexibility index (Phi) is 4.43. The standard InChI is InChI=1S/C17H23NO/c1-12(2)16(11-18)9-13-4-5-15-10-17(19-3)7-6-14(15)8-13/h4-8,10,12,16H,9,11,18H2,1-3H3. The number of fused-ring (bicyclic) bond motifs is 1. The molecule has 2 aromatic carbocycles. The highest BCUT2D eigenvalue weighted by Gasteiger charge is 2.12. The van der Waals surface area contributed by atoms with Gasteiger partial charge in [0.05, 0.1) is 7.11 Å². The lowest BCUT2D eigenvalue weighted by molar-refractivity contribution is 0.392. The van der Waals surface area contributed by atoms with Gasteiger partial charge in [-0.2, -0.15) is 0 Å². The SMILES string of the molecule is COc1ccc2cc(CC(CN)C(C)C)ccc2c1. The van der Waals surface area contributed by atoms with Crippen LogP contribution in [0.15, 0.2) is 36.4 Å². The van der Waals surface area contributed by atoms with Gasteiger partial charge in [-0.3, -0.25) is 0 Å². The number of benzene rings is 2. The van der Waals surface area contributed by atoms with Crippen LogP contribution in [0.25, 0.3) is 10.8 Å². The summed E-state index contributed by atoms with van der Waals surface area (Å²) in [6.45, 7) is 5.23. The zero-order valence-corrected chi connectivity index (χ0v) is 12.0. The maximum Gasteiger partial charge on any atom is 0.119 e. The lowest BCUT2D eigenvalue weighted by Crippen LogP contribution is -2.22. The predicted octanol–water partition coefficient (Wildman–Crippen LogP) is 3.62. The zero-order valence-electron chi connectivity index (χ0n) is 12.0. The Bertz CT molecular complexity index is 548. The van der Waals surface area contributed by atoms with E-state index in [2.05, 4.69) is 44.2 Å². The molecule has 1 unspecified atom stereocenters. The summed E-state index contributed by atoms with van der Waals surface area (Å²) in [5, 5.41) is 2.48. The molecule has 0 aliphatic heterocycles. The monoisotopic (exact) mass is 257 g/mol. The Morgan fingerprint density at radius 3 is 2.37 bits per heavy atom.